The predicted molar refractivity (Wildman–Crippen MR) is 86.6 cm³/mol. The van der Waals surface area contributed by atoms with Crippen molar-refractivity contribution < 1.29 is 4.79 Å². The zero-order valence-electron chi connectivity index (χ0n) is 12.2. The van der Waals surface area contributed by atoms with E-state index < -0.39 is 0 Å². The molecule has 0 saturated heterocycles. The number of anilines is 1. The molecule has 1 saturated carbocycles. The van der Waals surface area contributed by atoms with Crippen molar-refractivity contribution in [3.05, 3.63) is 28.2 Å². The fraction of sp³-hybridized carbons (Fsp3) is 0.562. The van der Waals surface area contributed by atoms with Gasteiger partial charge in [-0.15, -0.1) is 0 Å². The van der Waals surface area contributed by atoms with Crippen molar-refractivity contribution in [1.29, 1.82) is 0 Å². The summed E-state index contributed by atoms with van der Waals surface area (Å²) in [7, 11) is 0. The summed E-state index contributed by atoms with van der Waals surface area (Å²) < 4.78 is 1.02. The molecule has 4 heteroatoms. The molecule has 0 radical (unpaired) electrons. The van der Waals surface area contributed by atoms with Crippen molar-refractivity contribution in [2.24, 2.45) is 17.1 Å². The molecule has 1 aliphatic rings. The maximum Gasteiger partial charge on any atom is 0.231 e. The van der Waals surface area contributed by atoms with Gasteiger partial charge in [0.15, 0.2) is 0 Å². The first-order chi connectivity index (χ1) is 9.47. The minimum atomic E-state index is -0.383. The lowest BCUT2D eigenvalue weighted by Crippen LogP contribution is -2.44. The van der Waals surface area contributed by atoms with E-state index in [1.165, 1.54) is 0 Å². The Morgan fingerprint density at radius 3 is 2.65 bits per heavy atom. The molecule has 20 heavy (non-hydrogen) atoms. The van der Waals surface area contributed by atoms with Crippen molar-refractivity contribution in [3.63, 3.8) is 0 Å². The monoisotopic (exact) mass is 338 g/mol. The van der Waals surface area contributed by atoms with Gasteiger partial charge < -0.3 is 11.1 Å². The molecule has 1 amide bonds. The lowest BCUT2D eigenvalue weighted by atomic mass is 9.70. The Labute approximate surface area is 129 Å². The zero-order chi connectivity index (χ0) is 14.8. The number of carbonyl (C=O) groups excluding carboxylic acids is 1. The Morgan fingerprint density at radius 2 is 2.10 bits per heavy atom. The van der Waals surface area contributed by atoms with Crippen LogP contribution >= 0.6 is 15.9 Å². The summed E-state index contributed by atoms with van der Waals surface area (Å²) in [6.07, 6.45) is 3.96. The normalized spacial score (nSPS) is 26.3. The molecule has 0 aromatic heterocycles. The molecule has 2 rings (SSSR count). The third-order valence-electron chi connectivity index (χ3n) is 4.54. The highest BCUT2D eigenvalue weighted by atomic mass is 79.9. The van der Waals surface area contributed by atoms with E-state index in [9.17, 15) is 4.79 Å². The number of hydrogen-bond acceptors (Lipinski definition) is 2. The van der Waals surface area contributed by atoms with E-state index in [4.69, 9.17) is 5.73 Å². The van der Waals surface area contributed by atoms with Crippen molar-refractivity contribution >= 4 is 27.5 Å². The van der Waals surface area contributed by atoms with Crippen LogP contribution in [0.15, 0.2) is 22.7 Å². The minimum Gasteiger partial charge on any atom is -0.329 e. The molecule has 0 atom stereocenters. The third kappa shape index (κ3) is 3.23. The molecule has 3 N–H and O–H groups in total. The molecule has 110 valence electrons. The number of rotatable bonds is 3. The van der Waals surface area contributed by atoms with Crippen molar-refractivity contribution in [2.45, 2.75) is 39.5 Å². The van der Waals surface area contributed by atoms with Gasteiger partial charge in [-0.1, -0.05) is 22.9 Å². The maximum absolute atomic E-state index is 12.7. The SMILES string of the molecule is Cc1cc(Br)ccc1NC(=O)C1(CN)CCC(C)CC1. The van der Waals surface area contributed by atoms with Crippen LogP contribution < -0.4 is 11.1 Å². The summed E-state index contributed by atoms with van der Waals surface area (Å²) in [6.45, 7) is 4.68. The molecule has 0 heterocycles. The van der Waals surface area contributed by atoms with Crippen molar-refractivity contribution in [2.75, 3.05) is 11.9 Å². The summed E-state index contributed by atoms with van der Waals surface area (Å²) in [4.78, 5) is 12.7. The number of carbonyl (C=O) groups is 1. The number of nitrogens with two attached hydrogens (primary N) is 1. The van der Waals surface area contributed by atoms with Crippen LogP contribution in [0.25, 0.3) is 0 Å². The van der Waals surface area contributed by atoms with Crippen LogP contribution in [0.3, 0.4) is 0 Å². The topological polar surface area (TPSA) is 55.1 Å². The molecule has 0 unspecified atom stereocenters. The summed E-state index contributed by atoms with van der Waals surface area (Å²) in [6, 6.07) is 5.89. The average Bonchev–Trinajstić information content (AvgIpc) is 2.43. The second kappa shape index (κ2) is 6.27. The van der Waals surface area contributed by atoms with E-state index in [1.54, 1.807) is 0 Å². The third-order valence-corrected chi connectivity index (χ3v) is 5.03. The number of halogens is 1. The minimum absolute atomic E-state index is 0.0809. The number of aryl methyl sites for hydroxylation is 1. The number of amides is 1. The second-order valence-electron chi connectivity index (χ2n) is 6.08. The molecule has 0 aliphatic heterocycles. The molecule has 1 fully saturated rings. The van der Waals surface area contributed by atoms with Gasteiger partial charge in [0.05, 0.1) is 5.41 Å². The fourth-order valence-corrected chi connectivity index (χ4v) is 3.34. The van der Waals surface area contributed by atoms with Gasteiger partial charge >= 0.3 is 0 Å². The van der Waals surface area contributed by atoms with Gasteiger partial charge in [0.25, 0.3) is 0 Å². The van der Waals surface area contributed by atoms with E-state index >= 15 is 0 Å². The molecule has 3 nitrogen and oxygen atoms in total. The molecular formula is C16H23BrN2O. The van der Waals surface area contributed by atoms with E-state index in [0.717, 1.165) is 41.4 Å². The first-order valence-electron chi connectivity index (χ1n) is 7.24. The van der Waals surface area contributed by atoms with Crippen LogP contribution in [0.5, 0.6) is 0 Å². The van der Waals surface area contributed by atoms with Crippen LogP contribution in [0.1, 0.15) is 38.2 Å². The van der Waals surface area contributed by atoms with Crippen LogP contribution in [0.2, 0.25) is 0 Å². The first-order valence-corrected chi connectivity index (χ1v) is 8.04. The van der Waals surface area contributed by atoms with Crippen molar-refractivity contribution in [3.8, 4) is 0 Å². The summed E-state index contributed by atoms with van der Waals surface area (Å²) in [5.41, 5.74) is 7.49. The standard InChI is InChI=1S/C16H23BrN2O/c1-11-5-7-16(10-18,8-6-11)15(20)19-14-4-3-13(17)9-12(14)2/h3-4,9,11H,5-8,10,18H2,1-2H3,(H,19,20). The van der Waals surface area contributed by atoms with Gasteiger partial charge in [-0.2, -0.15) is 0 Å². The lowest BCUT2D eigenvalue weighted by molar-refractivity contribution is -0.127. The Hall–Kier alpha value is -0.870. The highest BCUT2D eigenvalue weighted by Crippen LogP contribution is 2.39. The summed E-state index contributed by atoms with van der Waals surface area (Å²) >= 11 is 3.44. The largest absolute Gasteiger partial charge is 0.329 e. The summed E-state index contributed by atoms with van der Waals surface area (Å²) in [5, 5.41) is 3.07. The lowest BCUT2D eigenvalue weighted by Gasteiger charge is -2.37. The van der Waals surface area contributed by atoms with E-state index in [-0.39, 0.29) is 11.3 Å². The Bertz CT molecular complexity index is 493. The summed E-state index contributed by atoms with van der Waals surface area (Å²) in [5.74, 6) is 0.786. The molecule has 0 bridgehead atoms. The van der Waals surface area contributed by atoms with Gasteiger partial charge in [-0.25, -0.2) is 0 Å². The highest BCUT2D eigenvalue weighted by molar-refractivity contribution is 9.10. The quantitative estimate of drug-likeness (QED) is 0.879. The molecular weight excluding hydrogens is 316 g/mol. The molecule has 1 aromatic carbocycles. The van der Waals surface area contributed by atoms with Crippen molar-refractivity contribution in [1.82, 2.24) is 0 Å². The number of hydrogen-bond donors (Lipinski definition) is 2. The van der Waals surface area contributed by atoms with Gasteiger partial charge in [0, 0.05) is 16.7 Å². The van der Waals surface area contributed by atoms with Crippen LogP contribution in [0, 0.1) is 18.3 Å². The molecule has 1 aromatic rings. The Morgan fingerprint density at radius 1 is 1.45 bits per heavy atom. The van der Waals surface area contributed by atoms with Crippen LogP contribution in [0.4, 0.5) is 5.69 Å². The van der Waals surface area contributed by atoms with E-state index in [0.29, 0.717) is 12.5 Å². The second-order valence-corrected chi connectivity index (χ2v) is 7.00. The van der Waals surface area contributed by atoms with Gasteiger partial charge in [0.2, 0.25) is 5.91 Å². The average molecular weight is 339 g/mol. The van der Waals surface area contributed by atoms with Gasteiger partial charge in [-0.3, -0.25) is 4.79 Å². The Kier molecular flexibility index (Phi) is 4.86. The molecule has 1 aliphatic carbocycles. The molecule has 0 spiro atoms. The fourth-order valence-electron chi connectivity index (χ4n) is 2.86. The zero-order valence-corrected chi connectivity index (χ0v) is 13.8. The smallest absolute Gasteiger partial charge is 0.231 e. The predicted octanol–water partition coefficient (Wildman–Crippen LogP) is 3.85. The van der Waals surface area contributed by atoms with Gasteiger partial charge in [0.1, 0.15) is 0 Å². The van der Waals surface area contributed by atoms with E-state index in [1.807, 2.05) is 25.1 Å². The highest BCUT2D eigenvalue weighted by Gasteiger charge is 2.39. The van der Waals surface area contributed by atoms with Gasteiger partial charge in [-0.05, 0) is 62.3 Å². The first kappa shape index (κ1) is 15.5. The van der Waals surface area contributed by atoms with Crippen LogP contribution in [-0.2, 0) is 4.79 Å². The van der Waals surface area contributed by atoms with E-state index in [2.05, 4.69) is 28.2 Å². The van der Waals surface area contributed by atoms with Crippen LogP contribution in [-0.4, -0.2) is 12.5 Å². The maximum atomic E-state index is 12.7. The number of nitrogens with one attached hydrogen (secondary N) is 1. The number of benzene rings is 1. The Balaban J connectivity index is 2.13.